The summed E-state index contributed by atoms with van der Waals surface area (Å²) < 4.78 is 26.8. The van der Waals surface area contributed by atoms with Crippen LogP contribution in [0.1, 0.15) is 11.1 Å². The predicted octanol–water partition coefficient (Wildman–Crippen LogP) is 3.47. The third-order valence-electron chi connectivity index (χ3n) is 2.67. The van der Waals surface area contributed by atoms with Crippen LogP contribution >= 0.6 is 0 Å². The average Bonchev–Trinajstić information content (AvgIpc) is 2.32. The lowest BCUT2D eigenvalue weighted by Crippen LogP contribution is -2.02. The number of benzene rings is 2. The van der Waals surface area contributed by atoms with Crippen molar-refractivity contribution in [2.75, 3.05) is 11.1 Å². The number of anilines is 2. The van der Waals surface area contributed by atoms with Crippen molar-refractivity contribution in [3.8, 4) is 0 Å². The molecular weight excluding hydrogens is 234 g/mol. The summed E-state index contributed by atoms with van der Waals surface area (Å²) in [7, 11) is 0. The Morgan fingerprint density at radius 2 is 1.83 bits per heavy atom. The van der Waals surface area contributed by atoms with Crippen LogP contribution in [0, 0.1) is 18.6 Å². The fraction of sp³-hybridized carbons (Fsp3) is 0.143. The topological polar surface area (TPSA) is 38.0 Å². The molecule has 18 heavy (non-hydrogen) atoms. The molecule has 0 aliphatic carbocycles. The van der Waals surface area contributed by atoms with Crippen LogP contribution in [0.5, 0.6) is 0 Å². The Balaban J connectivity index is 2.09. The smallest absolute Gasteiger partial charge is 0.146 e. The van der Waals surface area contributed by atoms with E-state index in [1.807, 2.05) is 13.0 Å². The first kappa shape index (κ1) is 12.4. The first-order chi connectivity index (χ1) is 8.56. The maximum Gasteiger partial charge on any atom is 0.146 e. The summed E-state index contributed by atoms with van der Waals surface area (Å²) in [5.74, 6) is -0.774. The molecule has 94 valence electrons. The van der Waals surface area contributed by atoms with Crippen LogP contribution in [0.3, 0.4) is 0 Å². The van der Waals surface area contributed by atoms with Gasteiger partial charge in [0.2, 0.25) is 0 Å². The Morgan fingerprint density at radius 1 is 1.06 bits per heavy atom. The Kier molecular flexibility index (Phi) is 3.46. The minimum absolute atomic E-state index is 0.111. The van der Waals surface area contributed by atoms with Crippen molar-refractivity contribution in [1.82, 2.24) is 0 Å². The molecule has 0 bridgehead atoms. The Morgan fingerprint density at radius 3 is 2.50 bits per heavy atom. The van der Waals surface area contributed by atoms with Crippen LogP contribution in [-0.4, -0.2) is 0 Å². The molecule has 0 aliphatic rings. The summed E-state index contributed by atoms with van der Waals surface area (Å²) in [6, 6.07) is 9.48. The molecule has 2 rings (SSSR count). The van der Waals surface area contributed by atoms with Gasteiger partial charge in [-0.2, -0.15) is 0 Å². The molecule has 0 unspecified atom stereocenters. The number of hydrogen-bond acceptors (Lipinski definition) is 2. The highest BCUT2D eigenvalue weighted by molar-refractivity contribution is 5.47. The van der Waals surface area contributed by atoms with Crippen LogP contribution in [-0.2, 0) is 6.54 Å². The van der Waals surface area contributed by atoms with Crippen molar-refractivity contribution in [1.29, 1.82) is 0 Å². The Bertz CT molecular complexity index is 568. The van der Waals surface area contributed by atoms with Crippen molar-refractivity contribution in [3.05, 3.63) is 59.2 Å². The lowest BCUT2D eigenvalue weighted by atomic mass is 10.2. The van der Waals surface area contributed by atoms with E-state index in [0.717, 1.165) is 5.56 Å². The van der Waals surface area contributed by atoms with Crippen molar-refractivity contribution >= 4 is 11.4 Å². The van der Waals surface area contributed by atoms with E-state index in [-0.39, 0.29) is 11.5 Å². The highest BCUT2D eigenvalue weighted by Crippen LogP contribution is 2.17. The second-order valence-corrected chi connectivity index (χ2v) is 4.19. The number of rotatable bonds is 3. The van der Waals surface area contributed by atoms with Gasteiger partial charge in [0, 0.05) is 6.54 Å². The summed E-state index contributed by atoms with van der Waals surface area (Å²) in [6.07, 6.45) is 0. The maximum absolute atomic E-state index is 13.5. The Labute approximate surface area is 104 Å². The van der Waals surface area contributed by atoms with E-state index in [4.69, 9.17) is 5.73 Å². The van der Waals surface area contributed by atoms with Gasteiger partial charge in [-0.25, -0.2) is 8.78 Å². The van der Waals surface area contributed by atoms with E-state index in [0.29, 0.717) is 17.8 Å². The Hall–Kier alpha value is -2.10. The van der Waals surface area contributed by atoms with E-state index >= 15 is 0 Å². The number of aryl methyl sites for hydroxylation is 1. The highest BCUT2D eigenvalue weighted by Gasteiger charge is 2.03. The molecule has 0 radical (unpaired) electrons. The molecule has 0 aromatic heterocycles. The molecule has 3 N–H and O–H groups in total. The molecule has 4 heteroatoms. The number of nitrogens with one attached hydrogen (secondary N) is 1. The number of halogens is 2. The number of nitrogens with two attached hydrogens (primary N) is 1. The zero-order valence-corrected chi connectivity index (χ0v) is 10.0. The first-order valence-corrected chi connectivity index (χ1v) is 5.60. The van der Waals surface area contributed by atoms with Crippen molar-refractivity contribution in [3.63, 3.8) is 0 Å². The molecule has 0 heterocycles. The van der Waals surface area contributed by atoms with Crippen molar-refractivity contribution in [2.24, 2.45) is 0 Å². The SMILES string of the molecule is Cc1ccc(NCc2ccc(N)c(F)c2)c(F)c1. The molecule has 0 saturated heterocycles. The number of hydrogen-bond donors (Lipinski definition) is 2. The van der Waals surface area contributed by atoms with Gasteiger partial charge in [0.1, 0.15) is 11.6 Å². The van der Waals surface area contributed by atoms with Crippen molar-refractivity contribution < 1.29 is 8.78 Å². The quantitative estimate of drug-likeness (QED) is 0.816. The van der Waals surface area contributed by atoms with E-state index in [2.05, 4.69) is 5.32 Å². The van der Waals surface area contributed by atoms with Crippen LogP contribution < -0.4 is 11.1 Å². The minimum Gasteiger partial charge on any atom is -0.396 e. The molecule has 0 atom stereocenters. The van der Waals surface area contributed by atoms with Gasteiger partial charge in [-0.15, -0.1) is 0 Å². The first-order valence-electron chi connectivity index (χ1n) is 5.60. The van der Waals surface area contributed by atoms with E-state index in [1.165, 1.54) is 18.2 Å². The van der Waals surface area contributed by atoms with Gasteiger partial charge >= 0.3 is 0 Å². The second kappa shape index (κ2) is 5.04. The van der Waals surface area contributed by atoms with Gasteiger partial charge in [-0.05, 0) is 42.3 Å². The largest absolute Gasteiger partial charge is 0.396 e. The highest BCUT2D eigenvalue weighted by atomic mass is 19.1. The summed E-state index contributed by atoms with van der Waals surface area (Å²) in [5, 5.41) is 2.92. The van der Waals surface area contributed by atoms with Crippen molar-refractivity contribution in [2.45, 2.75) is 13.5 Å². The molecular formula is C14H14F2N2. The van der Waals surface area contributed by atoms with Gasteiger partial charge < -0.3 is 11.1 Å². The zero-order chi connectivity index (χ0) is 13.1. The monoisotopic (exact) mass is 248 g/mol. The summed E-state index contributed by atoms with van der Waals surface area (Å²) in [5.41, 5.74) is 7.46. The van der Waals surface area contributed by atoms with E-state index < -0.39 is 5.82 Å². The average molecular weight is 248 g/mol. The van der Waals surface area contributed by atoms with E-state index in [9.17, 15) is 8.78 Å². The number of nitrogen functional groups attached to an aromatic ring is 1. The fourth-order valence-corrected chi connectivity index (χ4v) is 1.64. The van der Waals surface area contributed by atoms with Crippen LogP contribution in [0.15, 0.2) is 36.4 Å². The lowest BCUT2D eigenvalue weighted by Gasteiger charge is -2.09. The maximum atomic E-state index is 13.5. The normalized spacial score (nSPS) is 10.4. The third kappa shape index (κ3) is 2.77. The van der Waals surface area contributed by atoms with E-state index in [1.54, 1.807) is 12.1 Å². The molecule has 2 nitrogen and oxygen atoms in total. The summed E-state index contributed by atoms with van der Waals surface area (Å²) in [6.45, 7) is 2.17. The zero-order valence-electron chi connectivity index (χ0n) is 10.0. The van der Waals surface area contributed by atoms with Crippen LogP contribution in [0.25, 0.3) is 0 Å². The predicted molar refractivity (Wildman–Crippen MR) is 69.3 cm³/mol. The fourth-order valence-electron chi connectivity index (χ4n) is 1.64. The van der Waals surface area contributed by atoms with Crippen LogP contribution in [0.2, 0.25) is 0 Å². The lowest BCUT2D eigenvalue weighted by molar-refractivity contribution is 0.627. The standard InChI is InChI=1S/C14H14F2N2/c1-9-2-5-14(12(16)6-9)18-8-10-3-4-13(17)11(15)7-10/h2-7,18H,8,17H2,1H3. The molecule has 2 aromatic rings. The van der Waals surface area contributed by atoms with Gasteiger partial charge in [0.25, 0.3) is 0 Å². The minimum atomic E-state index is -0.460. The second-order valence-electron chi connectivity index (χ2n) is 4.19. The van der Waals surface area contributed by atoms with Crippen LogP contribution in [0.4, 0.5) is 20.2 Å². The molecule has 0 saturated carbocycles. The summed E-state index contributed by atoms with van der Waals surface area (Å²) >= 11 is 0. The van der Waals surface area contributed by atoms with Gasteiger partial charge in [0.15, 0.2) is 0 Å². The van der Waals surface area contributed by atoms with Gasteiger partial charge in [-0.3, -0.25) is 0 Å². The molecule has 0 spiro atoms. The van der Waals surface area contributed by atoms with Gasteiger partial charge in [-0.1, -0.05) is 12.1 Å². The summed E-state index contributed by atoms with van der Waals surface area (Å²) in [4.78, 5) is 0. The molecule has 0 amide bonds. The molecule has 0 aliphatic heterocycles. The third-order valence-corrected chi connectivity index (χ3v) is 2.67. The molecule has 2 aromatic carbocycles. The molecule has 0 fully saturated rings. The van der Waals surface area contributed by atoms with Gasteiger partial charge in [0.05, 0.1) is 11.4 Å².